The largest absolute Gasteiger partial charge is 0.481 e. The minimum atomic E-state index is -1.92. The number of hydrogen-bond donors (Lipinski definition) is 13. The van der Waals surface area contributed by atoms with Gasteiger partial charge in [0, 0.05) is 0 Å². The number of hydrogen-bond acceptors (Lipinski definition) is 20. The summed E-state index contributed by atoms with van der Waals surface area (Å²) in [5.41, 5.74) is -3.65. The van der Waals surface area contributed by atoms with Crippen molar-refractivity contribution < 1.29 is 104 Å². The number of carboxylic acid groups (broad SMARTS) is 1. The molecule has 5 aliphatic carbocycles. The van der Waals surface area contributed by atoms with E-state index in [4.69, 9.17) is 28.4 Å². The second-order valence-electron chi connectivity index (χ2n) is 23.4. The number of fused-ring (bicyclic) bond motifs is 7. The maximum Gasteiger partial charge on any atom is 0.315 e. The van der Waals surface area contributed by atoms with Gasteiger partial charge in [-0.25, -0.2) is 0 Å². The molecule has 0 unspecified atom stereocenters. The summed E-state index contributed by atoms with van der Waals surface area (Å²) in [4.78, 5) is 28.5. The Labute approximate surface area is 400 Å². The Morgan fingerprint density at radius 1 is 0.638 bits per heavy atom. The van der Waals surface area contributed by atoms with Gasteiger partial charge >= 0.3 is 11.9 Å². The molecule has 8 rings (SSSR count). The van der Waals surface area contributed by atoms with Crippen molar-refractivity contribution in [2.24, 2.45) is 50.2 Å². The highest BCUT2D eigenvalue weighted by molar-refractivity contribution is 5.79. The first kappa shape index (κ1) is 53.3. The van der Waals surface area contributed by atoms with Crippen LogP contribution in [-0.4, -0.2) is 202 Å². The number of aliphatic hydroxyl groups excluding tert-OH is 12. The van der Waals surface area contributed by atoms with Crippen molar-refractivity contribution >= 4 is 11.9 Å². The van der Waals surface area contributed by atoms with E-state index in [1.165, 1.54) is 6.92 Å². The van der Waals surface area contributed by atoms with Crippen molar-refractivity contribution in [2.45, 2.75) is 204 Å². The van der Waals surface area contributed by atoms with Crippen LogP contribution in [0.4, 0.5) is 0 Å². The summed E-state index contributed by atoms with van der Waals surface area (Å²) < 4.78 is 34.7. The van der Waals surface area contributed by atoms with Crippen LogP contribution in [0.25, 0.3) is 0 Å². The standard InChI is InChI=1S/C48H76O21/c1-43(2)11-13-48(42(63)69-40-36(60)32(56)29(53)24(18-50)66-40)14-12-45(4)20(21(48)15-43)7-8-26-44(3)16-22(51)37(47(6,41(61)62)27(44)9-10-46(26,45)5)68-39-35(59)33(57)30(54)25(67-39)19-64-38-34(58)31(55)28(52)23(17-49)65-38/h7,21-40,49-60H,8-19H2,1-6H3,(H,61,62)/t21-,22-,23+,24+,25+,26+,27+,28+,29+,30+,31-,32-,33-,34+,35+,36+,37-,38+,39-,40-,44+,45+,46+,47-,48-/m0/s1. The molecule has 0 bridgehead atoms. The molecule has 7 fully saturated rings. The Morgan fingerprint density at radius 3 is 1.77 bits per heavy atom. The Morgan fingerprint density at radius 2 is 1.17 bits per heavy atom. The molecule has 3 saturated heterocycles. The first-order valence-electron chi connectivity index (χ1n) is 24.6. The molecule has 25 atom stereocenters. The highest BCUT2D eigenvalue weighted by Gasteiger charge is 2.73. The molecule has 0 aromatic carbocycles. The molecule has 3 heterocycles. The number of aliphatic carboxylic acids is 1. The van der Waals surface area contributed by atoms with Crippen LogP contribution < -0.4 is 0 Å². The summed E-state index contributed by atoms with van der Waals surface area (Å²) in [6.07, 6.45) is -21.4. The molecule has 13 N–H and O–H groups in total. The van der Waals surface area contributed by atoms with E-state index in [0.29, 0.717) is 51.4 Å². The predicted octanol–water partition coefficient (Wildman–Crippen LogP) is -1.82. The van der Waals surface area contributed by atoms with Crippen LogP contribution >= 0.6 is 0 Å². The number of carboxylic acids is 1. The van der Waals surface area contributed by atoms with Gasteiger partial charge in [0.05, 0.1) is 36.8 Å². The Bertz CT molecular complexity index is 1930. The zero-order valence-electron chi connectivity index (χ0n) is 40.2. The van der Waals surface area contributed by atoms with E-state index >= 15 is 0 Å². The molecule has 4 saturated carbocycles. The zero-order valence-corrected chi connectivity index (χ0v) is 40.2. The molecule has 394 valence electrons. The first-order valence-corrected chi connectivity index (χ1v) is 24.6. The minimum Gasteiger partial charge on any atom is -0.481 e. The highest BCUT2D eigenvalue weighted by atomic mass is 16.7. The third kappa shape index (κ3) is 8.25. The van der Waals surface area contributed by atoms with Gasteiger partial charge in [-0.05, 0) is 104 Å². The molecular weight excluding hydrogens is 913 g/mol. The normalized spacial score (nSPS) is 53.9. The van der Waals surface area contributed by atoms with Crippen molar-refractivity contribution in [3.8, 4) is 0 Å². The van der Waals surface area contributed by atoms with Gasteiger partial charge in [0.15, 0.2) is 12.6 Å². The van der Waals surface area contributed by atoms with Gasteiger partial charge in [-0.1, -0.05) is 46.3 Å². The lowest BCUT2D eigenvalue weighted by molar-refractivity contribution is -0.352. The quantitative estimate of drug-likeness (QED) is 0.0651. The van der Waals surface area contributed by atoms with Crippen molar-refractivity contribution in [1.82, 2.24) is 0 Å². The van der Waals surface area contributed by atoms with E-state index in [1.54, 1.807) is 0 Å². The average Bonchev–Trinajstić information content (AvgIpc) is 3.29. The van der Waals surface area contributed by atoms with Gasteiger partial charge in [-0.2, -0.15) is 0 Å². The smallest absolute Gasteiger partial charge is 0.315 e. The van der Waals surface area contributed by atoms with Crippen molar-refractivity contribution in [3.05, 3.63) is 11.6 Å². The molecule has 0 spiro atoms. The van der Waals surface area contributed by atoms with Crippen LogP contribution in [0.2, 0.25) is 0 Å². The summed E-state index contributed by atoms with van der Waals surface area (Å²) in [6.45, 7) is 10.3. The van der Waals surface area contributed by atoms with E-state index in [9.17, 15) is 76.0 Å². The maximum atomic E-state index is 14.7. The van der Waals surface area contributed by atoms with E-state index in [1.807, 2.05) is 6.92 Å². The molecule has 0 amide bonds. The summed E-state index contributed by atoms with van der Waals surface area (Å²) in [7, 11) is 0. The number of carbonyl (C=O) groups is 2. The number of allylic oxidation sites excluding steroid dienone is 2. The first-order chi connectivity index (χ1) is 32.2. The average molecular weight is 989 g/mol. The van der Waals surface area contributed by atoms with Crippen LogP contribution in [0.3, 0.4) is 0 Å². The van der Waals surface area contributed by atoms with Crippen molar-refractivity contribution in [3.63, 3.8) is 0 Å². The van der Waals surface area contributed by atoms with Crippen LogP contribution in [0.1, 0.15) is 99.3 Å². The van der Waals surface area contributed by atoms with Crippen molar-refractivity contribution in [1.29, 1.82) is 0 Å². The van der Waals surface area contributed by atoms with E-state index in [-0.39, 0.29) is 23.7 Å². The lowest BCUT2D eigenvalue weighted by atomic mass is 9.33. The Kier molecular flexibility index (Phi) is 14.5. The summed E-state index contributed by atoms with van der Waals surface area (Å²) in [5, 5.41) is 139. The van der Waals surface area contributed by atoms with E-state index in [2.05, 4.69) is 33.8 Å². The van der Waals surface area contributed by atoms with E-state index < -0.39 is 169 Å². The van der Waals surface area contributed by atoms with Crippen molar-refractivity contribution in [2.75, 3.05) is 19.8 Å². The van der Waals surface area contributed by atoms with Gasteiger partial charge in [-0.15, -0.1) is 0 Å². The fourth-order valence-corrected chi connectivity index (χ4v) is 15.0. The molecule has 0 aromatic rings. The second kappa shape index (κ2) is 18.7. The Hall–Kier alpha value is -2.00. The number of rotatable bonds is 10. The van der Waals surface area contributed by atoms with Crippen LogP contribution in [0.15, 0.2) is 11.6 Å². The van der Waals surface area contributed by atoms with Crippen LogP contribution in [0, 0.1) is 50.2 Å². The molecular formula is C48H76O21. The number of ether oxygens (including phenoxy) is 6. The summed E-state index contributed by atoms with van der Waals surface area (Å²) >= 11 is 0. The summed E-state index contributed by atoms with van der Waals surface area (Å²) in [5.74, 6) is -2.91. The van der Waals surface area contributed by atoms with Gasteiger partial charge in [-0.3, -0.25) is 9.59 Å². The molecule has 69 heavy (non-hydrogen) atoms. The maximum absolute atomic E-state index is 14.7. The third-order valence-electron chi connectivity index (χ3n) is 19.4. The molecule has 21 nitrogen and oxygen atoms in total. The van der Waals surface area contributed by atoms with Gasteiger partial charge in [0.25, 0.3) is 0 Å². The molecule has 0 radical (unpaired) electrons. The second-order valence-corrected chi connectivity index (χ2v) is 23.4. The van der Waals surface area contributed by atoms with E-state index in [0.717, 1.165) is 5.57 Å². The number of aliphatic hydroxyl groups is 12. The monoisotopic (exact) mass is 988 g/mol. The molecule has 0 aromatic heterocycles. The van der Waals surface area contributed by atoms with Gasteiger partial charge in [0.1, 0.15) is 79.4 Å². The SMILES string of the molecule is CC1(C)CC[C@]2(C(=O)O[C@@H]3O[C@H](CO)[C@@H](O)[C@H](O)[C@H]3O)CC[C@]3(C)C(=CC[C@@H]4[C@@]5(C)C[C@H](O)[C@H](O[C@@H]6O[C@H](CO[C@@H]7O[C@H](CO)[C@@H](O)[C@H](O)[C@H]7O)[C@@H](O)[C@H](O)[C@H]6O)[C@@](C)(C(=O)O)[C@@H]5CC[C@]43C)[C@@H]2C1. The fraction of sp³-hybridized carbons (Fsp3) is 0.917. The van der Waals surface area contributed by atoms with Gasteiger partial charge in [0.2, 0.25) is 6.29 Å². The third-order valence-corrected chi connectivity index (χ3v) is 19.4. The molecule has 3 aliphatic heterocycles. The van der Waals surface area contributed by atoms with Crippen LogP contribution in [0.5, 0.6) is 0 Å². The lowest BCUT2D eigenvalue weighted by Gasteiger charge is -2.71. The molecule has 8 aliphatic rings. The zero-order chi connectivity index (χ0) is 50.7. The number of carbonyl (C=O) groups excluding carboxylic acids is 1. The highest BCUT2D eigenvalue weighted by Crippen LogP contribution is 2.76. The topological polar surface area (TPSA) is 353 Å². The number of esters is 1. The minimum absolute atomic E-state index is 0.0914. The molecule has 21 heteroatoms. The summed E-state index contributed by atoms with van der Waals surface area (Å²) in [6, 6.07) is 0. The van der Waals surface area contributed by atoms with Gasteiger partial charge < -0.3 is 94.8 Å². The van der Waals surface area contributed by atoms with Crippen LogP contribution in [-0.2, 0) is 38.0 Å². The Balaban J connectivity index is 1.04. The lowest BCUT2D eigenvalue weighted by Crippen LogP contribution is -2.70. The predicted molar refractivity (Wildman–Crippen MR) is 234 cm³/mol. The fourth-order valence-electron chi connectivity index (χ4n) is 15.0.